The van der Waals surface area contributed by atoms with Crippen LogP contribution in [0.25, 0.3) is 0 Å². The van der Waals surface area contributed by atoms with Gasteiger partial charge in [-0.25, -0.2) is 0 Å². The Hall–Kier alpha value is -1.61. The number of benzene rings is 1. The first-order valence-electron chi connectivity index (χ1n) is 7.09. The summed E-state index contributed by atoms with van der Waals surface area (Å²) in [5.74, 6) is 0.638. The van der Waals surface area contributed by atoms with E-state index < -0.39 is 0 Å². The molecule has 0 aliphatic heterocycles. The summed E-state index contributed by atoms with van der Waals surface area (Å²) < 4.78 is 2.09. The van der Waals surface area contributed by atoms with Crippen LogP contribution >= 0.6 is 0 Å². The van der Waals surface area contributed by atoms with Gasteiger partial charge < -0.3 is 5.32 Å². The highest BCUT2D eigenvalue weighted by Crippen LogP contribution is 2.35. The van der Waals surface area contributed by atoms with E-state index in [0.29, 0.717) is 12.0 Å². The summed E-state index contributed by atoms with van der Waals surface area (Å²) in [5, 5.41) is 7.83. The Morgan fingerprint density at radius 3 is 3.00 bits per heavy atom. The van der Waals surface area contributed by atoms with Gasteiger partial charge in [-0.3, -0.25) is 4.68 Å². The predicted molar refractivity (Wildman–Crippen MR) is 77.2 cm³/mol. The van der Waals surface area contributed by atoms with E-state index in [2.05, 4.69) is 52.5 Å². The molecular weight excluding hydrogens is 234 g/mol. The number of fused-ring (bicyclic) bond motifs is 1. The zero-order valence-corrected chi connectivity index (χ0v) is 11.6. The van der Waals surface area contributed by atoms with Crippen LogP contribution in [0.2, 0.25) is 0 Å². The van der Waals surface area contributed by atoms with E-state index in [1.165, 1.54) is 23.1 Å². The summed E-state index contributed by atoms with van der Waals surface area (Å²) in [5.41, 5.74) is 4.29. The standard InChI is InChI=1S/C16H21N3/c1-3-16(17-2)14-9-18-19(11-14)10-13-8-12-6-4-5-7-15(12)13/h4-7,9,11,13,16-17H,3,8,10H2,1-2H3. The molecular formula is C16H21N3. The van der Waals surface area contributed by atoms with Crippen molar-refractivity contribution in [1.82, 2.24) is 15.1 Å². The van der Waals surface area contributed by atoms with Crippen LogP contribution in [0.5, 0.6) is 0 Å². The summed E-state index contributed by atoms with van der Waals surface area (Å²) >= 11 is 0. The van der Waals surface area contributed by atoms with E-state index in [1.807, 2.05) is 13.2 Å². The Kier molecular flexibility index (Phi) is 3.38. The van der Waals surface area contributed by atoms with Crippen LogP contribution in [0, 0.1) is 0 Å². The van der Waals surface area contributed by atoms with Crippen molar-refractivity contribution in [3.05, 3.63) is 53.3 Å². The van der Waals surface area contributed by atoms with Gasteiger partial charge in [0.2, 0.25) is 0 Å². The number of nitrogens with zero attached hydrogens (tertiary/aromatic N) is 2. The van der Waals surface area contributed by atoms with Gasteiger partial charge in [0.05, 0.1) is 6.20 Å². The van der Waals surface area contributed by atoms with E-state index in [4.69, 9.17) is 0 Å². The van der Waals surface area contributed by atoms with Gasteiger partial charge in [-0.1, -0.05) is 31.2 Å². The van der Waals surface area contributed by atoms with Crippen molar-refractivity contribution in [3.63, 3.8) is 0 Å². The summed E-state index contributed by atoms with van der Waals surface area (Å²) in [7, 11) is 2.01. The molecule has 0 spiro atoms. The molecule has 1 N–H and O–H groups in total. The second-order valence-corrected chi connectivity index (χ2v) is 5.35. The van der Waals surface area contributed by atoms with Gasteiger partial charge in [-0.05, 0) is 31.0 Å². The molecule has 1 aliphatic carbocycles. The molecule has 2 atom stereocenters. The van der Waals surface area contributed by atoms with E-state index in [0.717, 1.165) is 13.0 Å². The van der Waals surface area contributed by atoms with Crippen LogP contribution in [-0.2, 0) is 13.0 Å². The van der Waals surface area contributed by atoms with Crippen molar-refractivity contribution >= 4 is 0 Å². The number of hydrogen-bond acceptors (Lipinski definition) is 2. The average Bonchev–Trinajstić information content (AvgIpc) is 2.86. The van der Waals surface area contributed by atoms with E-state index in [9.17, 15) is 0 Å². The maximum atomic E-state index is 4.50. The van der Waals surface area contributed by atoms with Crippen molar-refractivity contribution in [2.24, 2.45) is 0 Å². The molecule has 1 aliphatic rings. The quantitative estimate of drug-likeness (QED) is 0.890. The molecule has 1 aromatic carbocycles. The van der Waals surface area contributed by atoms with Gasteiger partial charge >= 0.3 is 0 Å². The minimum Gasteiger partial charge on any atom is -0.313 e. The lowest BCUT2D eigenvalue weighted by Crippen LogP contribution is -2.22. The Morgan fingerprint density at radius 1 is 1.42 bits per heavy atom. The lowest BCUT2D eigenvalue weighted by molar-refractivity contribution is 0.474. The number of nitrogens with one attached hydrogen (secondary N) is 1. The highest BCUT2D eigenvalue weighted by atomic mass is 15.3. The largest absolute Gasteiger partial charge is 0.313 e. The van der Waals surface area contributed by atoms with Gasteiger partial charge in [0.25, 0.3) is 0 Å². The molecule has 2 aromatic rings. The zero-order valence-electron chi connectivity index (χ0n) is 11.6. The number of hydrogen-bond donors (Lipinski definition) is 1. The van der Waals surface area contributed by atoms with Crippen molar-refractivity contribution in [2.75, 3.05) is 7.05 Å². The lowest BCUT2D eigenvalue weighted by Gasteiger charge is -2.29. The molecule has 3 rings (SSSR count). The fraction of sp³-hybridized carbons (Fsp3) is 0.438. The molecule has 19 heavy (non-hydrogen) atoms. The molecule has 2 unspecified atom stereocenters. The fourth-order valence-electron chi connectivity index (χ4n) is 3.02. The third-order valence-corrected chi connectivity index (χ3v) is 4.18. The maximum Gasteiger partial charge on any atom is 0.0537 e. The lowest BCUT2D eigenvalue weighted by atomic mass is 9.78. The summed E-state index contributed by atoms with van der Waals surface area (Å²) in [6, 6.07) is 9.15. The molecule has 0 radical (unpaired) electrons. The van der Waals surface area contributed by atoms with Crippen LogP contribution < -0.4 is 5.32 Å². The molecule has 0 bridgehead atoms. The van der Waals surface area contributed by atoms with Crippen molar-refractivity contribution in [1.29, 1.82) is 0 Å². The molecule has 3 heteroatoms. The van der Waals surface area contributed by atoms with Crippen molar-refractivity contribution in [2.45, 2.75) is 38.3 Å². The third kappa shape index (κ3) is 2.30. The van der Waals surface area contributed by atoms with E-state index >= 15 is 0 Å². The van der Waals surface area contributed by atoms with Crippen molar-refractivity contribution < 1.29 is 0 Å². The fourth-order valence-corrected chi connectivity index (χ4v) is 3.02. The summed E-state index contributed by atoms with van der Waals surface area (Å²) in [6.07, 6.45) is 6.46. The van der Waals surface area contributed by atoms with E-state index in [-0.39, 0.29) is 0 Å². The Balaban J connectivity index is 1.69. The van der Waals surface area contributed by atoms with E-state index in [1.54, 1.807) is 0 Å². The van der Waals surface area contributed by atoms with Crippen LogP contribution in [0.4, 0.5) is 0 Å². The molecule has 1 heterocycles. The first-order valence-corrected chi connectivity index (χ1v) is 7.09. The first-order chi connectivity index (χ1) is 9.31. The highest BCUT2D eigenvalue weighted by molar-refractivity contribution is 5.39. The Labute approximate surface area is 114 Å². The minimum absolute atomic E-state index is 0.419. The first kappa shape index (κ1) is 12.4. The van der Waals surface area contributed by atoms with Gasteiger partial charge in [0.15, 0.2) is 0 Å². The van der Waals surface area contributed by atoms with Crippen LogP contribution in [-0.4, -0.2) is 16.8 Å². The van der Waals surface area contributed by atoms with Crippen LogP contribution in [0.1, 0.15) is 42.0 Å². The second-order valence-electron chi connectivity index (χ2n) is 5.35. The van der Waals surface area contributed by atoms with Gasteiger partial charge in [0, 0.05) is 30.3 Å². The topological polar surface area (TPSA) is 29.9 Å². The van der Waals surface area contributed by atoms with Crippen molar-refractivity contribution in [3.8, 4) is 0 Å². The van der Waals surface area contributed by atoms with Gasteiger partial charge in [0.1, 0.15) is 0 Å². The zero-order chi connectivity index (χ0) is 13.2. The maximum absolute atomic E-state index is 4.50. The number of aromatic nitrogens is 2. The minimum atomic E-state index is 0.419. The molecule has 1 aromatic heterocycles. The highest BCUT2D eigenvalue weighted by Gasteiger charge is 2.25. The Morgan fingerprint density at radius 2 is 2.26 bits per heavy atom. The molecule has 0 saturated heterocycles. The molecule has 0 amide bonds. The SMILES string of the molecule is CCC(NC)c1cnn(CC2Cc3ccccc32)c1. The molecule has 0 saturated carbocycles. The normalized spacial score (nSPS) is 18.7. The van der Waals surface area contributed by atoms with Crippen LogP contribution in [0.15, 0.2) is 36.7 Å². The average molecular weight is 255 g/mol. The molecule has 100 valence electrons. The molecule has 3 nitrogen and oxygen atoms in total. The second kappa shape index (κ2) is 5.17. The monoisotopic (exact) mass is 255 g/mol. The third-order valence-electron chi connectivity index (χ3n) is 4.18. The van der Waals surface area contributed by atoms with Gasteiger partial charge in [-0.15, -0.1) is 0 Å². The summed E-state index contributed by atoms with van der Waals surface area (Å²) in [6.45, 7) is 3.19. The van der Waals surface area contributed by atoms with Crippen LogP contribution in [0.3, 0.4) is 0 Å². The predicted octanol–water partition coefficient (Wildman–Crippen LogP) is 2.89. The molecule has 0 fully saturated rings. The Bertz CT molecular complexity index is 555. The summed E-state index contributed by atoms with van der Waals surface area (Å²) in [4.78, 5) is 0. The van der Waals surface area contributed by atoms with Gasteiger partial charge in [-0.2, -0.15) is 5.10 Å². The number of rotatable bonds is 5. The smallest absolute Gasteiger partial charge is 0.0537 e.